The quantitative estimate of drug-likeness (QED) is 0.0655. The molecule has 41 heavy (non-hydrogen) atoms. The van der Waals surface area contributed by atoms with Crippen molar-refractivity contribution in [2.24, 2.45) is 0 Å². The number of hydrogen-bond acceptors (Lipinski definition) is 14. The molecule has 0 aromatic rings. The summed E-state index contributed by atoms with van der Waals surface area (Å²) in [6.07, 6.45) is 0. The van der Waals surface area contributed by atoms with Gasteiger partial charge in [0.1, 0.15) is 19.8 Å². The standard InChI is InChI=1S/C25H47NO15/c1-31-25(30)22-40-19-18-39-17-16-38-15-14-37-13-12-36-11-10-35-9-8-34-7-6-33-5-4-32-3-2-26-23(27)20-41-21-24(28)29/h2-22H2,1H3,(H,26,27)(H,28,29). The van der Waals surface area contributed by atoms with E-state index in [0.717, 1.165) is 0 Å². The third kappa shape index (κ3) is 34.1. The zero-order valence-corrected chi connectivity index (χ0v) is 24.0. The number of carbonyl (C=O) groups excluding carboxylic acids is 2. The van der Waals surface area contributed by atoms with Gasteiger partial charge in [-0.3, -0.25) is 4.79 Å². The highest BCUT2D eigenvalue weighted by molar-refractivity contribution is 5.77. The molecule has 0 rings (SSSR count). The van der Waals surface area contributed by atoms with Crippen LogP contribution in [0.1, 0.15) is 0 Å². The fraction of sp³-hybridized carbons (Fsp3) is 0.880. The van der Waals surface area contributed by atoms with E-state index in [1.807, 2.05) is 0 Å². The molecule has 0 aliphatic carbocycles. The highest BCUT2D eigenvalue weighted by atomic mass is 16.6. The molecule has 0 heterocycles. The van der Waals surface area contributed by atoms with Crippen LogP contribution in [0.3, 0.4) is 0 Å². The molecule has 0 unspecified atom stereocenters. The normalized spacial score (nSPS) is 11.0. The van der Waals surface area contributed by atoms with Gasteiger partial charge in [0.25, 0.3) is 0 Å². The summed E-state index contributed by atoms with van der Waals surface area (Å²) in [6, 6.07) is 0. The molecule has 2 N–H and O–H groups in total. The highest BCUT2D eigenvalue weighted by Gasteiger charge is 2.03. The molecule has 0 bridgehead atoms. The summed E-state index contributed by atoms with van der Waals surface area (Å²) in [4.78, 5) is 32.4. The third-order valence-corrected chi connectivity index (χ3v) is 4.45. The van der Waals surface area contributed by atoms with Gasteiger partial charge < -0.3 is 62.5 Å². The lowest BCUT2D eigenvalue weighted by Crippen LogP contribution is -2.31. The number of hydrogen-bond donors (Lipinski definition) is 2. The zero-order valence-electron chi connectivity index (χ0n) is 24.0. The molecule has 242 valence electrons. The van der Waals surface area contributed by atoms with Crippen molar-refractivity contribution >= 4 is 17.8 Å². The van der Waals surface area contributed by atoms with Gasteiger partial charge in [-0.25, -0.2) is 9.59 Å². The lowest BCUT2D eigenvalue weighted by Gasteiger charge is -2.09. The molecule has 16 heteroatoms. The van der Waals surface area contributed by atoms with Crippen molar-refractivity contribution in [3.8, 4) is 0 Å². The molecule has 0 radical (unpaired) electrons. The number of carboxylic acid groups (broad SMARTS) is 1. The van der Waals surface area contributed by atoms with Gasteiger partial charge >= 0.3 is 11.9 Å². The van der Waals surface area contributed by atoms with Crippen LogP contribution in [0.2, 0.25) is 0 Å². The van der Waals surface area contributed by atoms with Gasteiger partial charge in [0, 0.05) is 6.54 Å². The molecule has 0 aromatic heterocycles. The van der Waals surface area contributed by atoms with Crippen LogP contribution < -0.4 is 5.32 Å². The monoisotopic (exact) mass is 601 g/mol. The van der Waals surface area contributed by atoms with E-state index in [0.29, 0.717) is 119 Å². The fourth-order valence-electron chi connectivity index (χ4n) is 2.52. The number of amides is 1. The number of methoxy groups -OCH3 is 1. The van der Waals surface area contributed by atoms with E-state index >= 15 is 0 Å². The first kappa shape index (κ1) is 39.0. The van der Waals surface area contributed by atoms with Crippen molar-refractivity contribution in [2.45, 2.75) is 0 Å². The summed E-state index contributed by atoms with van der Waals surface area (Å²) in [5, 5.41) is 10.9. The summed E-state index contributed by atoms with van der Waals surface area (Å²) in [5.74, 6) is -1.94. The number of carboxylic acids is 1. The van der Waals surface area contributed by atoms with Gasteiger partial charge in [0.2, 0.25) is 5.91 Å². The first-order valence-electron chi connectivity index (χ1n) is 13.4. The average molecular weight is 602 g/mol. The molecule has 0 aliphatic heterocycles. The molecule has 16 nitrogen and oxygen atoms in total. The van der Waals surface area contributed by atoms with Crippen LogP contribution in [0, 0.1) is 0 Å². The second kappa shape index (κ2) is 32.5. The van der Waals surface area contributed by atoms with Crippen LogP contribution in [0.25, 0.3) is 0 Å². The summed E-state index contributed by atoms with van der Waals surface area (Å²) >= 11 is 0. The summed E-state index contributed by atoms with van der Waals surface area (Å²) in [5.41, 5.74) is 0. The van der Waals surface area contributed by atoms with E-state index in [1.165, 1.54) is 7.11 Å². The van der Waals surface area contributed by atoms with Gasteiger partial charge in [-0.15, -0.1) is 0 Å². The minimum absolute atomic E-state index is 0.0803. The average Bonchev–Trinajstić information content (AvgIpc) is 2.96. The predicted molar refractivity (Wildman–Crippen MR) is 141 cm³/mol. The van der Waals surface area contributed by atoms with Crippen LogP contribution in [0.5, 0.6) is 0 Å². The Balaban J connectivity index is 3.10. The molecule has 1 amide bonds. The molecular formula is C25H47NO15. The summed E-state index contributed by atoms with van der Waals surface area (Å²) in [7, 11) is 1.31. The SMILES string of the molecule is COC(=O)COCCOCCOCCOCCOCCOCCOCCOCCOCCNC(=O)COCC(=O)O. The molecular weight excluding hydrogens is 554 g/mol. The topological polar surface area (TPSA) is 185 Å². The number of carbonyl (C=O) groups is 3. The Hall–Kier alpha value is -1.99. The third-order valence-electron chi connectivity index (χ3n) is 4.45. The van der Waals surface area contributed by atoms with Crippen LogP contribution in [0.4, 0.5) is 0 Å². The van der Waals surface area contributed by atoms with Crippen molar-refractivity contribution in [3.63, 3.8) is 0 Å². The Morgan fingerprint density at radius 3 is 1.15 bits per heavy atom. The van der Waals surface area contributed by atoms with Gasteiger partial charge in [0.05, 0.1) is 119 Å². The van der Waals surface area contributed by atoms with Gasteiger partial charge in [0.15, 0.2) is 0 Å². The van der Waals surface area contributed by atoms with Crippen molar-refractivity contribution in [1.29, 1.82) is 0 Å². The zero-order chi connectivity index (χ0) is 30.1. The Morgan fingerprint density at radius 2 is 0.805 bits per heavy atom. The van der Waals surface area contributed by atoms with Crippen LogP contribution in [-0.2, 0) is 66.5 Å². The van der Waals surface area contributed by atoms with E-state index < -0.39 is 24.5 Å². The molecule has 0 saturated heterocycles. The molecule has 0 aliphatic rings. The molecule has 0 atom stereocenters. The van der Waals surface area contributed by atoms with Crippen molar-refractivity contribution < 1.29 is 71.6 Å². The van der Waals surface area contributed by atoms with Crippen LogP contribution in [0.15, 0.2) is 0 Å². The first-order chi connectivity index (χ1) is 20.1. The number of aliphatic carboxylic acids is 1. The Kier molecular flexibility index (Phi) is 30.9. The maximum absolute atomic E-state index is 11.3. The van der Waals surface area contributed by atoms with E-state index in [9.17, 15) is 14.4 Å². The fourth-order valence-corrected chi connectivity index (χ4v) is 2.52. The second-order valence-corrected chi connectivity index (χ2v) is 7.76. The summed E-state index contributed by atoms with van der Waals surface area (Å²) in [6.45, 7) is 6.62. The van der Waals surface area contributed by atoms with Crippen LogP contribution in [-0.4, -0.2) is 169 Å². The first-order valence-corrected chi connectivity index (χ1v) is 13.4. The number of rotatable bonds is 33. The Bertz CT molecular complexity index is 612. The van der Waals surface area contributed by atoms with Crippen LogP contribution >= 0.6 is 0 Å². The highest BCUT2D eigenvalue weighted by Crippen LogP contribution is 1.87. The van der Waals surface area contributed by atoms with Crippen molar-refractivity contribution in [2.75, 3.05) is 146 Å². The maximum Gasteiger partial charge on any atom is 0.331 e. The lowest BCUT2D eigenvalue weighted by atomic mass is 10.6. The maximum atomic E-state index is 11.3. The van der Waals surface area contributed by atoms with Crippen molar-refractivity contribution in [1.82, 2.24) is 5.32 Å². The van der Waals surface area contributed by atoms with E-state index in [-0.39, 0.29) is 13.2 Å². The number of esters is 1. The smallest absolute Gasteiger partial charge is 0.331 e. The minimum atomic E-state index is -1.13. The largest absolute Gasteiger partial charge is 0.480 e. The lowest BCUT2D eigenvalue weighted by molar-refractivity contribution is -0.146. The van der Waals surface area contributed by atoms with E-state index in [1.54, 1.807) is 0 Å². The van der Waals surface area contributed by atoms with Gasteiger partial charge in [-0.1, -0.05) is 0 Å². The molecule has 0 aromatic carbocycles. The Labute approximate surface area is 241 Å². The van der Waals surface area contributed by atoms with Crippen molar-refractivity contribution in [3.05, 3.63) is 0 Å². The second-order valence-electron chi connectivity index (χ2n) is 7.76. The molecule has 0 saturated carbocycles. The predicted octanol–water partition coefficient (Wildman–Crippen LogP) is -1.47. The molecule has 0 fully saturated rings. The Morgan fingerprint density at radius 1 is 0.463 bits per heavy atom. The van der Waals surface area contributed by atoms with E-state index in [2.05, 4.69) is 14.8 Å². The van der Waals surface area contributed by atoms with Gasteiger partial charge in [-0.05, 0) is 0 Å². The summed E-state index contributed by atoms with van der Waals surface area (Å²) < 4.78 is 57.2. The van der Waals surface area contributed by atoms with Gasteiger partial charge in [-0.2, -0.15) is 0 Å². The minimum Gasteiger partial charge on any atom is -0.480 e. The number of nitrogens with one attached hydrogen (secondary N) is 1. The van der Waals surface area contributed by atoms with E-state index in [4.69, 9.17) is 47.7 Å². The number of ether oxygens (including phenoxy) is 11. The molecule has 0 spiro atoms.